The largest absolute Gasteiger partial charge is 0.467 e. The van der Waals surface area contributed by atoms with E-state index in [9.17, 15) is 4.79 Å². The minimum absolute atomic E-state index is 0.199. The summed E-state index contributed by atoms with van der Waals surface area (Å²) in [6.07, 6.45) is 2.22. The van der Waals surface area contributed by atoms with E-state index in [1.54, 1.807) is 18.3 Å². The Labute approximate surface area is 240 Å². The lowest BCUT2D eigenvalue weighted by Gasteiger charge is -2.40. The molecule has 9 heteroatoms. The molecule has 212 valence electrons. The number of methoxy groups -OCH3 is 1. The van der Waals surface area contributed by atoms with Crippen LogP contribution >= 0.6 is 0 Å². The van der Waals surface area contributed by atoms with Gasteiger partial charge in [-0.1, -0.05) is 54.6 Å². The average molecular weight is 554 g/mol. The van der Waals surface area contributed by atoms with Crippen molar-refractivity contribution < 1.29 is 19.0 Å². The number of piperazine rings is 1. The summed E-state index contributed by atoms with van der Waals surface area (Å²) in [6.45, 7) is 5.99. The first-order chi connectivity index (χ1) is 20.1. The lowest BCUT2D eigenvalue weighted by molar-refractivity contribution is 0.0512. The van der Waals surface area contributed by atoms with E-state index in [0.717, 1.165) is 40.3 Å². The molecular weight excluding hydrogens is 518 g/mol. The molecule has 3 heterocycles. The maximum atomic E-state index is 12.7. The lowest BCUT2D eigenvalue weighted by atomic mass is 9.96. The third-order valence-corrected chi connectivity index (χ3v) is 7.87. The number of aromatic nitrogens is 2. The van der Waals surface area contributed by atoms with Crippen LogP contribution < -0.4 is 14.5 Å². The number of hydrogen-bond donors (Lipinski definition) is 0. The van der Waals surface area contributed by atoms with Crippen molar-refractivity contribution in [2.45, 2.75) is 32.5 Å². The zero-order valence-electron chi connectivity index (χ0n) is 23.5. The fraction of sp³-hybridized carbons (Fsp3) is 0.344. The molecule has 1 aromatic heterocycles. The van der Waals surface area contributed by atoms with Crippen LogP contribution in [-0.4, -0.2) is 67.1 Å². The Balaban J connectivity index is 1.17. The predicted octanol–water partition coefficient (Wildman–Crippen LogP) is 5.02. The second kappa shape index (κ2) is 12.0. The Kier molecular flexibility index (Phi) is 7.86. The molecule has 6 rings (SSSR count). The van der Waals surface area contributed by atoms with Gasteiger partial charge >= 0.3 is 6.09 Å². The normalized spacial score (nSPS) is 16.9. The Morgan fingerprint density at radius 3 is 2.56 bits per heavy atom. The average Bonchev–Trinajstić information content (AvgIpc) is 3.02. The van der Waals surface area contributed by atoms with Gasteiger partial charge in [0.15, 0.2) is 6.79 Å². The van der Waals surface area contributed by atoms with Crippen molar-refractivity contribution in [3.05, 3.63) is 89.9 Å². The first-order valence-electron chi connectivity index (χ1n) is 14.0. The van der Waals surface area contributed by atoms with E-state index in [1.807, 2.05) is 36.4 Å². The van der Waals surface area contributed by atoms with E-state index in [1.165, 1.54) is 10.9 Å². The molecule has 0 spiro atoms. The molecule has 2 aliphatic heterocycles. The molecule has 3 aromatic carbocycles. The Hall–Kier alpha value is -4.37. The molecule has 0 aliphatic carbocycles. The monoisotopic (exact) mass is 553 g/mol. The van der Waals surface area contributed by atoms with Gasteiger partial charge in [-0.15, -0.1) is 0 Å². The summed E-state index contributed by atoms with van der Waals surface area (Å²) < 4.78 is 16.5. The third-order valence-electron chi connectivity index (χ3n) is 7.87. The van der Waals surface area contributed by atoms with Crippen LogP contribution in [0.5, 0.6) is 5.75 Å². The Morgan fingerprint density at radius 2 is 1.76 bits per heavy atom. The summed E-state index contributed by atoms with van der Waals surface area (Å²) in [5.74, 6) is 1.75. The van der Waals surface area contributed by atoms with Crippen molar-refractivity contribution in [3.63, 3.8) is 0 Å². The zero-order valence-corrected chi connectivity index (χ0v) is 23.5. The van der Waals surface area contributed by atoms with Crippen molar-refractivity contribution in [1.82, 2.24) is 14.9 Å². The Bertz CT molecular complexity index is 1510. The predicted molar refractivity (Wildman–Crippen MR) is 158 cm³/mol. The number of rotatable bonds is 7. The van der Waals surface area contributed by atoms with Crippen molar-refractivity contribution in [1.29, 1.82) is 0 Å². The third kappa shape index (κ3) is 5.76. The van der Waals surface area contributed by atoms with Crippen LogP contribution in [0, 0.1) is 0 Å². The van der Waals surface area contributed by atoms with Gasteiger partial charge in [0.2, 0.25) is 0 Å². The van der Waals surface area contributed by atoms with Crippen molar-refractivity contribution >= 4 is 28.4 Å². The van der Waals surface area contributed by atoms with Gasteiger partial charge in [-0.2, -0.15) is 0 Å². The van der Waals surface area contributed by atoms with Gasteiger partial charge in [-0.25, -0.2) is 14.8 Å². The van der Waals surface area contributed by atoms with Crippen molar-refractivity contribution in [2.75, 3.05) is 49.9 Å². The van der Waals surface area contributed by atoms with Gasteiger partial charge < -0.3 is 28.9 Å². The van der Waals surface area contributed by atoms with Crippen LogP contribution in [0.15, 0.2) is 73.1 Å². The van der Waals surface area contributed by atoms with Gasteiger partial charge in [0.25, 0.3) is 0 Å². The number of benzene rings is 3. The molecular formula is C32H35N5O4. The lowest BCUT2D eigenvalue weighted by Crippen LogP contribution is -2.50. The number of amides is 1. The molecule has 9 nitrogen and oxygen atoms in total. The molecule has 1 fully saturated rings. The summed E-state index contributed by atoms with van der Waals surface area (Å²) >= 11 is 0. The number of anilines is 2. The van der Waals surface area contributed by atoms with Gasteiger partial charge in [-0.05, 0) is 30.4 Å². The number of hydrogen-bond acceptors (Lipinski definition) is 8. The first-order valence-corrected chi connectivity index (χ1v) is 14.0. The van der Waals surface area contributed by atoms with E-state index in [2.05, 4.69) is 47.1 Å². The van der Waals surface area contributed by atoms with Crippen LogP contribution in [0.4, 0.5) is 16.3 Å². The van der Waals surface area contributed by atoms with Gasteiger partial charge in [-0.3, -0.25) is 0 Å². The van der Waals surface area contributed by atoms with Gasteiger partial charge in [0.05, 0.1) is 12.2 Å². The zero-order chi connectivity index (χ0) is 28.2. The quantitative estimate of drug-likeness (QED) is 0.295. The SMILES string of the molecule is COCOc1cc(N2Cc3ncnc(N4CCN(C(=O)OCc5ccccc5)CC4)c3CC2C)c2ccccc2c1. The van der Waals surface area contributed by atoms with Crippen molar-refractivity contribution in [3.8, 4) is 5.75 Å². The second-order valence-electron chi connectivity index (χ2n) is 10.5. The van der Waals surface area contributed by atoms with Crippen LogP contribution in [0.3, 0.4) is 0 Å². The standard InChI is InChI=1S/C32H35N5O4/c1-23-16-28-29(19-37(23)30-18-26(41-22-39-2)17-25-10-6-7-11-27(25)30)33-21-34-31(28)35-12-14-36(15-13-35)32(38)40-20-24-8-4-3-5-9-24/h3-11,17-18,21,23H,12-16,19-20,22H2,1-2H3. The summed E-state index contributed by atoms with van der Waals surface area (Å²) in [5, 5.41) is 2.30. The van der Waals surface area contributed by atoms with Crippen LogP contribution in [0.25, 0.3) is 10.8 Å². The highest BCUT2D eigenvalue weighted by Gasteiger charge is 2.31. The summed E-state index contributed by atoms with van der Waals surface area (Å²) in [6, 6.07) is 22.5. The van der Waals surface area contributed by atoms with Gasteiger partial charge in [0, 0.05) is 62.0 Å². The van der Waals surface area contributed by atoms with Gasteiger partial charge in [0.1, 0.15) is 24.5 Å². The fourth-order valence-electron chi connectivity index (χ4n) is 5.72. The number of ether oxygens (including phenoxy) is 3. The molecule has 1 saturated heterocycles. The maximum absolute atomic E-state index is 12.7. The molecule has 2 aliphatic rings. The van der Waals surface area contributed by atoms with E-state index in [4.69, 9.17) is 24.2 Å². The number of carbonyl (C=O) groups excluding carboxylic acids is 1. The summed E-state index contributed by atoms with van der Waals surface area (Å²) in [4.78, 5) is 28.6. The van der Waals surface area contributed by atoms with E-state index in [-0.39, 0.29) is 25.5 Å². The molecule has 1 unspecified atom stereocenters. The molecule has 4 aromatic rings. The molecule has 41 heavy (non-hydrogen) atoms. The highest BCUT2D eigenvalue weighted by atomic mass is 16.7. The molecule has 0 saturated carbocycles. The molecule has 0 radical (unpaired) electrons. The molecule has 0 bridgehead atoms. The van der Waals surface area contributed by atoms with E-state index in [0.29, 0.717) is 32.7 Å². The topological polar surface area (TPSA) is 80.3 Å². The van der Waals surface area contributed by atoms with E-state index >= 15 is 0 Å². The molecule has 1 atom stereocenters. The van der Waals surface area contributed by atoms with Crippen LogP contribution in [-0.2, 0) is 29.0 Å². The highest BCUT2D eigenvalue weighted by Crippen LogP contribution is 2.38. The second-order valence-corrected chi connectivity index (χ2v) is 10.5. The Morgan fingerprint density at radius 1 is 0.976 bits per heavy atom. The smallest absolute Gasteiger partial charge is 0.410 e. The number of carbonyl (C=O) groups is 1. The maximum Gasteiger partial charge on any atom is 0.410 e. The fourth-order valence-corrected chi connectivity index (χ4v) is 5.72. The van der Waals surface area contributed by atoms with Crippen LogP contribution in [0.1, 0.15) is 23.7 Å². The van der Waals surface area contributed by atoms with Crippen LogP contribution in [0.2, 0.25) is 0 Å². The highest BCUT2D eigenvalue weighted by molar-refractivity contribution is 5.96. The summed E-state index contributed by atoms with van der Waals surface area (Å²) in [7, 11) is 1.63. The van der Waals surface area contributed by atoms with E-state index < -0.39 is 0 Å². The summed E-state index contributed by atoms with van der Waals surface area (Å²) in [5.41, 5.74) is 4.32. The first kappa shape index (κ1) is 26.8. The minimum atomic E-state index is -0.272. The van der Waals surface area contributed by atoms with Crippen molar-refractivity contribution in [2.24, 2.45) is 0 Å². The molecule has 1 amide bonds. The number of nitrogens with zero attached hydrogens (tertiary/aromatic N) is 5. The minimum Gasteiger partial charge on any atom is -0.467 e. The number of fused-ring (bicyclic) bond motifs is 2. The molecule has 0 N–H and O–H groups in total.